The molecule has 1 unspecified atom stereocenters. The summed E-state index contributed by atoms with van der Waals surface area (Å²) >= 11 is 0. The van der Waals surface area contributed by atoms with Crippen molar-refractivity contribution in [2.45, 2.75) is 20.4 Å². The highest BCUT2D eigenvalue weighted by Gasteiger charge is 2.11. The molecule has 0 fully saturated rings. The molecule has 0 aliphatic rings. The van der Waals surface area contributed by atoms with Gasteiger partial charge in [-0.1, -0.05) is 44.2 Å². The maximum atomic E-state index is 7.40. The van der Waals surface area contributed by atoms with Gasteiger partial charge in [-0.2, -0.15) is 0 Å². The van der Waals surface area contributed by atoms with E-state index in [-0.39, 0.29) is 11.8 Å². The third-order valence-electron chi connectivity index (χ3n) is 2.76. The maximum Gasteiger partial charge on any atom is 0.0947 e. The SMILES string of the molecule is CCN(Cc1ccccc1)CC(C)C(=N)N. The van der Waals surface area contributed by atoms with Crippen LogP contribution in [0.25, 0.3) is 0 Å². The number of nitrogens with two attached hydrogens (primary N) is 1. The number of hydrogen-bond acceptors (Lipinski definition) is 2. The summed E-state index contributed by atoms with van der Waals surface area (Å²) in [6.07, 6.45) is 0. The summed E-state index contributed by atoms with van der Waals surface area (Å²) in [5.41, 5.74) is 6.79. The summed E-state index contributed by atoms with van der Waals surface area (Å²) in [5, 5.41) is 7.40. The average molecular weight is 219 g/mol. The highest BCUT2D eigenvalue weighted by Crippen LogP contribution is 2.07. The molecular formula is C13H21N3. The highest BCUT2D eigenvalue weighted by atomic mass is 15.1. The molecule has 3 heteroatoms. The van der Waals surface area contributed by atoms with E-state index in [9.17, 15) is 0 Å². The van der Waals surface area contributed by atoms with E-state index in [1.54, 1.807) is 0 Å². The van der Waals surface area contributed by atoms with Crippen LogP contribution in [0.1, 0.15) is 19.4 Å². The van der Waals surface area contributed by atoms with Crippen LogP contribution in [0.5, 0.6) is 0 Å². The van der Waals surface area contributed by atoms with Crippen LogP contribution in [0.15, 0.2) is 30.3 Å². The Labute approximate surface area is 97.8 Å². The lowest BCUT2D eigenvalue weighted by Gasteiger charge is -2.23. The second kappa shape index (κ2) is 6.28. The lowest BCUT2D eigenvalue weighted by Crippen LogP contribution is -2.34. The average Bonchev–Trinajstić information content (AvgIpc) is 2.29. The number of rotatable bonds is 6. The standard InChI is InChI=1S/C13H21N3/c1-3-16(9-11(2)13(14)15)10-12-7-5-4-6-8-12/h4-8,11H,3,9-10H2,1-2H3,(H3,14,15). The number of benzene rings is 1. The summed E-state index contributed by atoms with van der Waals surface area (Å²) in [5.74, 6) is 0.398. The molecule has 1 rings (SSSR count). The Balaban J connectivity index is 2.53. The summed E-state index contributed by atoms with van der Waals surface area (Å²) in [7, 11) is 0. The van der Waals surface area contributed by atoms with Gasteiger partial charge >= 0.3 is 0 Å². The lowest BCUT2D eigenvalue weighted by atomic mass is 10.1. The Kier molecular flexibility index (Phi) is 4.99. The number of hydrogen-bond donors (Lipinski definition) is 2. The van der Waals surface area contributed by atoms with Crippen LogP contribution in [0, 0.1) is 11.3 Å². The second-order valence-corrected chi connectivity index (χ2v) is 4.17. The van der Waals surface area contributed by atoms with E-state index in [1.165, 1.54) is 5.56 Å². The Morgan fingerprint density at radius 3 is 2.50 bits per heavy atom. The highest BCUT2D eigenvalue weighted by molar-refractivity contribution is 5.79. The minimum atomic E-state index is 0.128. The molecule has 1 aromatic carbocycles. The molecule has 0 bridgehead atoms. The minimum absolute atomic E-state index is 0.128. The molecule has 0 amide bonds. The Bertz CT molecular complexity index is 321. The van der Waals surface area contributed by atoms with Crippen LogP contribution in [0.3, 0.4) is 0 Å². The quantitative estimate of drug-likeness (QED) is 0.568. The van der Waals surface area contributed by atoms with Gasteiger partial charge in [0.2, 0.25) is 0 Å². The van der Waals surface area contributed by atoms with Gasteiger partial charge < -0.3 is 5.73 Å². The topological polar surface area (TPSA) is 53.1 Å². The molecule has 1 aromatic rings. The van der Waals surface area contributed by atoms with Crippen molar-refractivity contribution in [1.29, 1.82) is 5.41 Å². The van der Waals surface area contributed by atoms with Gasteiger partial charge in [0, 0.05) is 19.0 Å². The molecule has 0 aliphatic carbocycles. The lowest BCUT2D eigenvalue weighted by molar-refractivity contribution is 0.263. The minimum Gasteiger partial charge on any atom is -0.387 e. The van der Waals surface area contributed by atoms with Gasteiger partial charge in [-0.3, -0.25) is 10.3 Å². The first-order valence-electron chi connectivity index (χ1n) is 5.73. The van der Waals surface area contributed by atoms with Crippen molar-refractivity contribution in [2.24, 2.45) is 11.7 Å². The van der Waals surface area contributed by atoms with Crippen LogP contribution in [0.4, 0.5) is 0 Å². The fourth-order valence-corrected chi connectivity index (χ4v) is 1.63. The monoisotopic (exact) mass is 219 g/mol. The van der Waals surface area contributed by atoms with Crippen LogP contribution in [0.2, 0.25) is 0 Å². The van der Waals surface area contributed by atoms with Crippen molar-refractivity contribution in [3.8, 4) is 0 Å². The molecule has 3 nitrogen and oxygen atoms in total. The van der Waals surface area contributed by atoms with E-state index in [0.717, 1.165) is 19.6 Å². The van der Waals surface area contributed by atoms with E-state index < -0.39 is 0 Å². The van der Waals surface area contributed by atoms with Crippen molar-refractivity contribution in [2.75, 3.05) is 13.1 Å². The Morgan fingerprint density at radius 1 is 1.38 bits per heavy atom. The summed E-state index contributed by atoms with van der Waals surface area (Å²) in [6, 6.07) is 10.4. The van der Waals surface area contributed by atoms with Crippen LogP contribution >= 0.6 is 0 Å². The van der Waals surface area contributed by atoms with Gasteiger partial charge in [-0.15, -0.1) is 0 Å². The molecule has 0 radical (unpaired) electrons. The zero-order chi connectivity index (χ0) is 12.0. The zero-order valence-corrected chi connectivity index (χ0v) is 10.1. The Morgan fingerprint density at radius 2 is 2.00 bits per heavy atom. The maximum absolute atomic E-state index is 7.40. The molecule has 0 saturated carbocycles. The molecule has 0 heterocycles. The molecule has 0 aliphatic heterocycles. The van der Waals surface area contributed by atoms with Gasteiger partial charge in [-0.25, -0.2) is 0 Å². The third-order valence-corrected chi connectivity index (χ3v) is 2.76. The fourth-order valence-electron chi connectivity index (χ4n) is 1.63. The van der Waals surface area contributed by atoms with E-state index in [4.69, 9.17) is 11.1 Å². The molecular weight excluding hydrogens is 198 g/mol. The first-order valence-corrected chi connectivity index (χ1v) is 5.73. The third kappa shape index (κ3) is 4.03. The predicted octanol–water partition coefficient (Wildman–Crippen LogP) is 2.08. The van der Waals surface area contributed by atoms with Gasteiger partial charge in [-0.05, 0) is 12.1 Å². The summed E-state index contributed by atoms with van der Waals surface area (Å²) < 4.78 is 0. The van der Waals surface area contributed by atoms with Crippen molar-refractivity contribution < 1.29 is 0 Å². The first kappa shape index (κ1) is 12.7. The van der Waals surface area contributed by atoms with Crippen LogP contribution in [-0.2, 0) is 6.54 Å². The van der Waals surface area contributed by atoms with Crippen molar-refractivity contribution in [3.63, 3.8) is 0 Å². The molecule has 0 spiro atoms. The van der Waals surface area contributed by atoms with E-state index in [1.807, 2.05) is 13.0 Å². The van der Waals surface area contributed by atoms with Crippen molar-refractivity contribution in [1.82, 2.24) is 4.90 Å². The molecule has 16 heavy (non-hydrogen) atoms. The predicted molar refractivity (Wildman–Crippen MR) is 68.5 cm³/mol. The zero-order valence-electron chi connectivity index (χ0n) is 10.1. The van der Waals surface area contributed by atoms with Crippen molar-refractivity contribution >= 4 is 5.84 Å². The van der Waals surface area contributed by atoms with E-state index in [2.05, 4.69) is 36.1 Å². The van der Waals surface area contributed by atoms with Gasteiger partial charge in [0.05, 0.1) is 5.84 Å². The largest absolute Gasteiger partial charge is 0.387 e. The van der Waals surface area contributed by atoms with Crippen molar-refractivity contribution in [3.05, 3.63) is 35.9 Å². The molecule has 0 saturated heterocycles. The normalized spacial score (nSPS) is 12.7. The summed E-state index contributed by atoms with van der Waals surface area (Å²) in [4.78, 5) is 2.31. The van der Waals surface area contributed by atoms with Crippen LogP contribution < -0.4 is 5.73 Å². The molecule has 1 atom stereocenters. The van der Waals surface area contributed by atoms with Gasteiger partial charge in [0.1, 0.15) is 0 Å². The molecule has 0 aromatic heterocycles. The van der Waals surface area contributed by atoms with Crippen LogP contribution in [-0.4, -0.2) is 23.8 Å². The van der Waals surface area contributed by atoms with Gasteiger partial charge in [0.25, 0.3) is 0 Å². The first-order chi connectivity index (χ1) is 7.63. The van der Waals surface area contributed by atoms with E-state index >= 15 is 0 Å². The number of nitrogens with one attached hydrogen (secondary N) is 1. The van der Waals surface area contributed by atoms with E-state index in [0.29, 0.717) is 0 Å². The fraction of sp³-hybridized carbons (Fsp3) is 0.462. The van der Waals surface area contributed by atoms with Gasteiger partial charge in [0.15, 0.2) is 0 Å². The number of amidine groups is 1. The Hall–Kier alpha value is -1.35. The second-order valence-electron chi connectivity index (χ2n) is 4.17. The summed E-state index contributed by atoms with van der Waals surface area (Å²) in [6.45, 7) is 6.88. The smallest absolute Gasteiger partial charge is 0.0947 e. The molecule has 88 valence electrons. The number of nitrogens with zero attached hydrogens (tertiary/aromatic N) is 1. The molecule has 3 N–H and O–H groups in total.